The second-order valence-corrected chi connectivity index (χ2v) is 8.02. The maximum atomic E-state index is 12.9. The quantitative estimate of drug-likeness (QED) is 0.314. The molecule has 186 valence electrons. The molecule has 1 fully saturated rings. The van der Waals surface area contributed by atoms with Crippen LogP contribution in [0.5, 0.6) is 17.2 Å². The fraction of sp³-hybridized carbons (Fsp3) is 0.192. The summed E-state index contributed by atoms with van der Waals surface area (Å²) >= 11 is 5.31. The highest BCUT2D eigenvalue weighted by Gasteiger charge is 2.31. The molecule has 1 aliphatic rings. The van der Waals surface area contributed by atoms with E-state index in [2.05, 4.69) is 10.6 Å². The van der Waals surface area contributed by atoms with Crippen LogP contribution in [-0.2, 0) is 16.1 Å². The van der Waals surface area contributed by atoms with E-state index in [1.165, 1.54) is 12.0 Å². The summed E-state index contributed by atoms with van der Waals surface area (Å²) in [6.07, 6.45) is 3.22. The van der Waals surface area contributed by atoms with Gasteiger partial charge in [-0.25, -0.2) is 0 Å². The van der Waals surface area contributed by atoms with Gasteiger partial charge in [0.05, 0.1) is 32.2 Å². The van der Waals surface area contributed by atoms with Crippen molar-refractivity contribution in [1.82, 2.24) is 10.2 Å². The Labute approximate surface area is 213 Å². The minimum atomic E-state index is -0.348. The molecule has 0 spiro atoms. The van der Waals surface area contributed by atoms with Crippen LogP contribution in [0, 0.1) is 0 Å². The average Bonchev–Trinajstić information content (AvgIpc) is 3.48. The zero-order chi connectivity index (χ0) is 25.5. The molecule has 36 heavy (non-hydrogen) atoms. The standard InChI is InChI=1S/C26H25N3O6S/c1-3-33-23-14-17(13-20-25(31)29(26(36)28-20)15-18-7-6-12-34-18)10-11-22(23)35-16-24(30)27-19-8-4-5-9-21(19)32-2/h4-14H,3,15-16H2,1-2H3,(H,27,30)(H,28,36)/b20-13+. The summed E-state index contributed by atoms with van der Waals surface area (Å²) in [6.45, 7) is 2.25. The number of furan rings is 1. The number of thiocarbonyl (C=S) groups is 1. The van der Waals surface area contributed by atoms with Crippen LogP contribution in [0.15, 0.2) is 71.0 Å². The molecule has 2 heterocycles. The lowest BCUT2D eigenvalue weighted by molar-refractivity contribution is -0.123. The molecular formula is C26H25N3O6S. The Bertz CT molecular complexity index is 1290. The van der Waals surface area contributed by atoms with Crippen LogP contribution in [0.1, 0.15) is 18.2 Å². The summed E-state index contributed by atoms with van der Waals surface area (Å²) in [5.74, 6) is 1.41. The van der Waals surface area contributed by atoms with Gasteiger partial charge in [0.2, 0.25) is 0 Å². The highest BCUT2D eigenvalue weighted by atomic mass is 32.1. The fourth-order valence-corrected chi connectivity index (χ4v) is 3.78. The Kier molecular flexibility index (Phi) is 7.86. The van der Waals surface area contributed by atoms with Gasteiger partial charge in [0.15, 0.2) is 23.2 Å². The van der Waals surface area contributed by atoms with E-state index < -0.39 is 0 Å². The lowest BCUT2D eigenvalue weighted by Crippen LogP contribution is -2.29. The van der Waals surface area contributed by atoms with Crippen molar-refractivity contribution in [3.8, 4) is 17.2 Å². The largest absolute Gasteiger partial charge is 0.495 e. The van der Waals surface area contributed by atoms with E-state index in [4.69, 9.17) is 30.8 Å². The van der Waals surface area contributed by atoms with Crippen molar-refractivity contribution >= 4 is 40.9 Å². The van der Waals surface area contributed by atoms with Gasteiger partial charge in [-0.1, -0.05) is 18.2 Å². The van der Waals surface area contributed by atoms with E-state index >= 15 is 0 Å². The van der Waals surface area contributed by atoms with Crippen molar-refractivity contribution in [3.63, 3.8) is 0 Å². The number of nitrogens with one attached hydrogen (secondary N) is 2. The van der Waals surface area contributed by atoms with E-state index in [-0.39, 0.29) is 25.0 Å². The van der Waals surface area contributed by atoms with Crippen molar-refractivity contribution in [3.05, 3.63) is 77.9 Å². The third kappa shape index (κ3) is 5.84. The maximum absolute atomic E-state index is 12.9. The van der Waals surface area contributed by atoms with Crippen molar-refractivity contribution in [1.29, 1.82) is 0 Å². The van der Waals surface area contributed by atoms with Crippen LogP contribution in [0.25, 0.3) is 6.08 Å². The molecule has 2 amide bonds. The summed E-state index contributed by atoms with van der Waals surface area (Å²) in [4.78, 5) is 26.7. The van der Waals surface area contributed by atoms with E-state index in [1.807, 2.05) is 13.0 Å². The molecule has 3 aromatic rings. The van der Waals surface area contributed by atoms with Crippen molar-refractivity contribution in [2.75, 3.05) is 25.6 Å². The summed E-state index contributed by atoms with van der Waals surface area (Å²) in [5, 5.41) is 6.01. The van der Waals surface area contributed by atoms with Gasteiger partial charge < -0.3 is 29.3 Å². The molecule has 0 aliphatic carbocycles. The number of carbonyl (C=O) groups is 2. The number of nitrogens with zero attached hydrogens (tertiary/aromatic N) is 1. The molecule has 1 saturated heterocycles. The van der Waals surface area contributed by atoms with Crippen LogP contribution in [0.2, 0.25) is 0 Å². The van der Waals surface area contributed by atoms with Gasteiger partial charge in [-0.2, -0.15) is 0 Å². The average molecular weight is 508 g/mol. The molecule has 1 aliphatic heterocycles. The zero-order valence-corrected chi connectivity index (χ0v) is 20.6. The first-order valence-electron chi connectivity index (χ1n) is 11.2. The lowest BCUT2D eigenvalue weighted by Gasteiger charge is -2.14. The molecule has 4 rings (SSSR count). The predicted octanol–water partition coefficient (Wildman–Crippen LogP) is 3.96. The van der Waals surface area contributed by atoms with Gasteiger partial charge in [-0.05, 0) is 67.2 Å². The number of benzene rings is 2. The maximum Gasteiger partial charge on any atom is 0.276 e. The van der Waals surface area contributed by atoms with Crippen LogP contribution in [0.3, 0.4) is 0 Å². The molecule has 0 radical (unpaired) electrons. The lowest BCUT2D eigenvalue weighted by atomic mass is 10.1. The SMILES string of the molecule is CCOc1cc(/C=C2/NC(=S)N(Cc3ccco3)C2=O)ccc1OCC(=O)Nc1ccccc1OC. The first kappa shape index (κ1) is 24.8. The van der Waals surface area contributed by atoms with Gasteiger partial charge in [0, 0.05) is 0 Å². The topological polar surface area (TPSA) is 102 Å². The monoisotopic (exact) mass is 507 g/mol. The van der Waals surface area contributed by atoms with Gasteiger partial charge >= 0.3 is 0 Å². The normalized spacial score (nSPS) is 14.1. The minimum Gasteiger partial charge on any atom is -0.495 e. The van der Waals surface area contributed by atoms with Crippen molar-refractivity contribution in [2.24, 2.45) is 0 Å². The molecule has 10 heteroatoms. The number of rotatable bonds is 10. The number of hydrogen-bond acceptors (Lipinski definition) is 7. The van der Waals surface area contributed by atoms with Crippen LogP contribution in [-0.4, -0.2) is 42.2 Å². The number of para-hydroxylation sites is 2. The molecule has 0 atom stereocenters. The molecule has 9 nitrogen and oxygen atoms in total. The van der Waals surface area contributed by atoms with Crippen LogP contribution in [0.4, 0.5) is 5.69 Å². The third-order valence-electron chi connectivity index (χ3n) is 5.17. The van der Waals surface area contributed by atoms with Crippen molar-refractivity contribution < 1.29 is 28.2 Å². The number of amides is 2. The summed E-state index contributed by atoms with van der Waals surface area (Å²) in [5.41, 5.74) is 1.58. The highest BCUT2D eigenvalue weighted by Crippen LogP contribution is 2.30. The number of hydrogen-bond donors (Lipinski definition) is 2. The van der Waals surface area contributed by atoms with Crippen molar-refractivity contribution in [2.45, 2.75) is 13.5 Å². The number of carbonyl (C=O) groups excluding carboxylic acids is 2. The molecule has 0 unspecified atom stereocenters. The Balaban J connectivity index is 1.44. The zero-order valence-electron chi connectivity index (χ0n) is 19.8. The van der Waals surface area contributed by atoms with E-state index in [9.17, 15) is 9.59 Å². The summed E-state index contributed by atoms with van der Waals surface area (Å²) in [7, 11) is 1.53. The molecular weight excluding hydrogens is 482 g/mol. The molecule has 2 N–H and O–H groups in total. The molecule has 1 aromatic heterocycles. The first-order valence-corrected chi connectivity index (χ1v) is 11.6. The Morgan fingerprint density at radius 1 is 1.11 bits per heavy atom. The fourth-order valence-electron chi connectivity index (χ4n) is 3.52. The number of methoxy groups -OCH3 is 1. The Morgan fingerprint density at radius 2 is 1.94 bits per heavy atom. The second kappa shape index (κ2) is 11.4. The first-order chi connectivity index (χ1) is 17.5. The smallest absolute Gasteiger partial charge is 0.276 e. The van der Waals surface area contributed by atoms with E-state index in [1.54, 1.807) is 60.9 Å². The van der Waals surface area contributed by atoms with Gasteiger partial charge in [0.25, 0.3) is 11.8 Å². The van der Waals surface area contributed by atoms with E-state index in [0.717, 1.165) is 0 Å². The van der Waals surface area contributed by atoms with Gasteiger partial charge in [-0.15, -0.1) is 0 Å². The minimum absolute atomic E-state index is 0.228. The number of anilines is 1. The third-order valence-corrected chi connectivity index (χ3v) is 5.50. The Morgan fingerprint density at radius 3 is 2.69 bits per heavy atom. The van der Waals surface area contributed by atoms with Gasteiger partial charge in [0.1, 0.15) is 17.2 Å². The molecule has 2 aromatic carbocycles. The highest BCUT2D eigenvalue weighted by molar-refractivity contribution is 7.80. The number of ether oxygens (including phenoxy) is 3. The molecule has 0 bridgehead atoms. The van der Waals surface area contributed by atoms with Crippen LogP contribution >= 0.6 is 12.2 Å². The summed E-state index contributed by atoms with van der Waals surface area (Å²) < 4.78 is 22.0. The van der Waals surface area contributed by atoms with Crippen LogP contribution < -0.4 is 24.8 Å². The predicted molar refractivity (Wildman–Crippen MR) is 138 cm³/mol. The van der Waals surface area contributed by atoms with E-state index in [0.29, 0.717) is 51.7 Å². The summed E-state index contributed by atoms with van der Waals surface area (Å²) in [6, 6.07) is 15.8. The second-order valence-electron chi connectivity index (χ2n) is 7.64. The van der Waals surface area contributed by atoms with Gasteiger partial charge in [-0.3, -0.25) is 14.5 Å². The Hall–Kier alpha value is -4.31. The molecule has 0 saturated carbocycles.